The minimum Gasteiger partial charge on any atom is -0.255 e. The summed E-state index contributed by atoms with van der Waals surface area (Å²) >= 11 is 4.65. The van der Waals surface area contributed by atoms with Gasteiger partial charge >= 0.3 is 0 Å². The first-order chi connectivity index (χ1) is 14.8. The summed E-state index contributed by atoms with van der Waals surface area (Å²) in [5.41, 5.74) is 5.19. The summed E-state index contributed by atoms with van der Waals surface area (Å²) in [7, 11) is 3.36. The number of rotatable bonds is 4. The molecule has 0 atom stereocenters. The fraction of sp³-hybridized carbons (Fsp3) is 0. The van der Waals surface area contributed by atoms with Crippen LogP contribution in [0.1, 0.15) is 0 Å². The highest BCUT2D eigenvalue weighted by Crippen LogP contribution is 2.40. The lowest BCUT2D eigenvalue weighted by Crippen LogP contribution is -1.95. The summed E-state index contributed by atoms with van der Waals surface area (Å²) in [6.45, 7) is 0. The average molecular weight is 650 g/mol. The van der Waals surface area contributed by atoms with Gasteiger partial charge in [-0.3, -0.25) is 9.97 Å². The lowest BCUT2D eigenvalue weighted by molar-refractivity contribution is 1.24. The number of nitrogens with zero attached hydrogens (tertiary/aromatic N) is 4. The summed E-state index contributed by atoms with van der Waals surface area (Å²) in [6.07, 6.45) is 3.59. The van der Waals surface area contributed by atoms with Gasteiger partial charge in [-0.1, -0.05) is 42.1 Å². The molecule has 8 heteroatoms. The van der Waals surface area contributed by atoms with Gasteiger partial charge < -0.3 is 0 Å². The van der Waals surface area contributed by atoms with Crippen LogP contribution in [0, 0.1) is 0 Å². The van der Waals surface area contributed by atoms with Crippen LogP contribution in [-0.2, 0) is 0 Å². The van der Waals surface area contributed by atoms with Crippen molar-refractivity contribution in [2.75, 3.05) is 0 Å². The van der Waals surface area contributed by atoms with Crippen molar-refractivity contribution in [1.82, 2.24) is 19.9 Å². The van der Waals surface area contributed by atoms with E-state index in [-0.39, 0.29) is 0 Å². The highest BCUT2D eigenvalue weighted by atomic mass is 127. The molecular weight excluding hydrogens is 638 g/mol. The number of benzene rings is 1. The van der Waals surface area contributed by atoms with Crippen LogP contribution in [-0.4, -0.2) is 19.9 Å². The summed E-state index contributed by atoms with van der Waals surface area (Å²) in [5.74, 6) is 0. The zero-order valence-corrected chi connectivity index (χ0v) is 21.2. The number of pyridine rings is 4. The standard InChI is InChI=1S/C22H12I2N4S2/c23-29-19-11-17(15-5-1-3-9-25-15)27-21-13(19)7-8-14-20(30-24)12-18(28-22(14)21)16-6-2-4-10-26-16/h1-12H. The predicted molar refractivity (Wildman–Crippen MR) is 143 cm³/mol. The first-order valence-electron chi connectivity index (χ1n) is 8.97. The highest BCUT2D eigenvalue weighted by Gasteiger charge is 2.16. The maximum atomic E-state index is 5.02. The molecule has 5 rings (SSSR count). The van der Waals surface area contributed by atoms with Gasteiger partial charge in [-0.25, -0.2) is 9.97 Å². The lowest BCUT2D eigenvalue weighted by Gasteiger charge is -2.12. The van der Waals surface area contributed by atoms with Crippen LogP contribution < -0.4 is 0 Å². The Morgan fingerprint density at radius 3 is 1.40 bits per heavy atom. The van der Waals surface area contributed by atoms with Crippen LogP contribution in [0.5, 0.6) is 0 Å². The van der Waals surface area contributed by atoms with Crippen molar-refractivity contribution in [3.63, 3.8) is 0 Å². The molecule has 0 fully saturated rings. The number of hydrogen-bond donors (Lipinski definition) is 0. The van der Waals surface area contributed by atoms with Gasteiger partial charge in [0, 0.05) is 75.4 Å². The lowest BCUT2D eigenvalue weighted by atomic mass is 10.1. The van der Waals surface area contributed by atoms with Crippen molar-refractivity contribution in [1.29, 1.82) is 0 Å². The van der Waals surface area contributed by atoms with E-state index in [0.29, 0.717) is 0 Å². The van der Waals surface area contributed by atoms with Crippen molar-refractivity contribution in [2.45, 2.75) is 9.79 Å². The maximum absolute atomic E-state index is 5.02. The molecule has 4 aromatic heterocycles. The molecule has 0 aliphatic rings. The molecule has 146 valence electrons. The minimum atomic E-state index is 0.850. The third-order valence-corrected chi connectivity index (χ3v) is 8.56. The monoisotopic (exact) mass is 650 g/mol. The Morgan fingerprint density at radius 1 is 0.567 bits per heavy atom. The van der Waals surface area contributed by atoms with Crippen LogP contribution in [0.4, 0.5) is 0 Å². The summed E-state index contributed by atoms with van der Waals surface area (Å²) < 4.78 is 0. The Hall–Kier alpha value is -1.50. The van der Waals surface area contributed by atoms with Crippen LogP contribution in [0.25, 0.3) is 44.6 Å². The van der Waals surface area contributed by atoms with Crippen molar-refractivity contribution in [3.05, 3.63) is 73.1 Å². The fourth-order valence-electron chi connectivity index (χ4n) is 3.33. The van der Waals surface area contributed by atoms with E-state index < -0.39 is 0 Å². The first-order valence-corrected chi connectivity index (χ1v) is 15.7. The Bertz CT molecular complexity index is 1260. The van der Waals surface area contributed by atoms with Crippen molar-refractivity contribution < 1.29 is 0 Å². The molecule has 4 heterocycles. The van der Waals surface area contributed by atoms with Crippen molar-refractivity contribution >= 4 is 82.1 Å². The molecule has 0 amide bonds. The van der Waals surface area contributed by atoms with Gasteiger partial charge in [-0.2, -0.15) is 0 Å². The second-order valence-corrected chi connectivity index (χ2v) is 10.3. The van der Waals surface area contributed by atoms with Crippen molar-refractivity contribution in [3.8, 4) is 22.8 Å². The summed E-state index contributed by atoms with van der Waals surface area (Å²) in [5, 5.41) is 2.19. The van der Waals surface area contributed by atoms with Gasteiger partial charge in [0.1, 0.15) is 0 Å². The third-order valence-electron chi connectivity index (χ3n) is 4.70. The predicted octanol–water partition coefficient (Wildman–Crippen LogP) is 7.79. The van der Waals surface area contributed by atoms with E-state index in [1.807, 2.05) is 36.4 Å². The molecular formula is C22H12I2N4S2. The van der Waals surface area contributed by atoms with Crippen LogP contribution in [0.15, 0.2) is 82.8 Å². The number of hydrogen-bond acceptors (Lipinski definition) is 6. The molecule has 1 aromatic carbocycles. The number of halogens is 2. The molecule has 0 aliphatic carbocycles. The molecule has 0 unspecified atom stereocenters. The SMILES string of the molecule is ISc1cc(-c2ccccn2)nc2c1ccc1c(SI)cc(-c3ccccn3)nc12. The third kappa shape index (κ3) is 3.78. The molecule has 0 aliphatic heterocycles. The summed E-state index contributed by atoms with van der Waals surface area (Å²) in [4.78, 5) is 21.3. The van der Waals surface area contributed by atoms with E-state index in [1.165, 1.54) is 0 Å². The molecule has 0 bridgehead atoms. The number of fused-ring (bicyclic) bond motifs is 3. The Kier molecular flexibility index (Phi) is 6.07. The summed E-state index contributed by atoms with van der Waals surface area (Å²) in [6, 6.07) is 20.3. The van der Waals surface area contributed by atoms with Crippen molar-refractivity contribution in [2.24, 2.45) is 0 Å². The molecule has 5 aromatic rings. The van der Waals surface area contributed by atoms with Crippen LogP contribution >= 0.6 is 60.3 Å². The molecule has 0 N–H and O–H groups in total. The largest absolute Gasteiger partial charge is 0.255 e. The fourth-order valence-corrected chi connectivity index (χ4v) is 6.33. The van der Waals surface area contributed by atoms with E-state index in [4.69, 9.17) is 9.97 Å². The molecule has 4 nitrogen and oxygen atoms in total. The topological polar surface area (TPSA) is 51.6 Å². The van der Waals surface area contributed by atoms with Gasteiger partial charge in [0.15, 0.2) is 0 Å². The molecule has 0 saturated carbocycles. The van der Waals surface area contributed by atoms with E-state index in [9.17, 15) is 0 Å². The van der Waals surface area contributed by atoms with Crippen LogP contribution in [0.3, 0.4) is 0 Å². The van der Waals surface area contributed by atoms with Gasteiger partial charge in [0.05, 0.1) is 33.8 Å². The smallest absolute Gasteiger partial charge is 0.0985 e. The van der Waals surface area contributed by atoms with E-state index in [2.05, 4.69) is 76.6 Å². The first kappa shape index (κ1) is 20.4. The Labute approximate surface area is 205 Å². The molecule has 0 saturated heterocycles. The minimum absolute atomic E-state index is 0.850. The second kappa shape index (κ2) is 8.93. The number of aromatic nitrogens is 4. The Balaban J connectivity index is 1.87. The van der Waals surface area contributed by atoms with E-state index in [1.54, 1.807) is 30.3 Å². The van der Waals surface area contributed by atoms with Gasteiger partial charge in [-0.05, 0) is 36.4 Å². The zero-order chi connectivity index (χ0) is 20.5. The Morgan fingerprint density at radius 2 is 1.03 bits per heavy atom. The maximum Gasteiger partial charge on any atom is 0.0985 e. The van der Waals surface area contributed by atoms with Gasteiger partial charge in [-0.15, -0.1) is 0 Å². The van der Waals surface area contributed by atoms with Gasteiger partial charge in [0.2, 0.25) is 0 Å². The van der Waals surface area contributed by atoms with Gasteiger partial charge in [0.25, 0.3) is 0 Å². The second-order valence-electron chi connectivity index (χ2n) is 6.45. The van der Waals surface area contributed by atoms with E-state index >= 15 is 0 Å². The quantitative estimate of drug-likeness (QED) is 0.146. The molecule has 0 spiro atoms. The zero-order valence-electron chi connectivity index (χ0n) is 15.3. The molecule has 30 heavy (non-hydrogen) atoms. The van der Waals surface area contributed by atoms with Crippen LogP contribution in [0.2, 0.25) is 0 Å². The highest BCUT2D eigenvalue weighted by molar-refractivity contribution is 14.2. The molecule has 0 radical (unpaired) electrons. The normalized spacial score (nSPS) is 11.3. The van der Waals surface area contributed by atoms with E-state index in [0.717, 1.165) is 54.4 Å². The average Bonchev–Trinajstić information content (AvgIpc) is 2.83.